The molecule has 11 nitrogen and oxygen atoms in total. The highest BCUT2D eigenvalue weighted by atomic mass is 32.2. The van der Waals surface area contributed by atoms with E-state index in [1.54, 1.807) is 22.1 Å². The molecule has 2 aliphatic heterocycles. The Morgan fingerprint density at radius 3 is 2.33 bits per heavy atom. The lowest BCUT2D eigenvalue weighted by molar-refractivity contribution is -0.137. The van der Waals surface area contributed by atoms with Crippen LogP contribution in [0.1, 0.15) is 37.1 Å². The van der Waals surface area contributed by atoms with Crippen molar-refractivity contribution in [1.82, 2.24) is 34.5 Å². The molecule has 1 aliphatic carbocycles. The van der Waals surface area contributed by atoms with Crippen molar-refractivity contribution in [3.63, 3.8) is 0 Å². The minimum Gasteiger partial charge on any atom is -0.367 e. The van der Waals surface area contributed by atoms with Gasteiger partial charge in [-0.05, 0) is 50.9 Å². The summed E-state index contributed by atoms with van der Waals surface area (Å²) in [5.41, 5.74) is 0.982. The molecule has 3 fully saturated rings. The second-order valence-electron chi connectivity index (χ2n) is 10.8. The van der Waals surface area contributed by atoms with Crippen molar-refractivity contribution < 1.29 is 30.8 Å². The van der Waals surface area contributed by atoms with Crippen molar-refractivity contribution >= 4 is 43.9 Å². The third-order valence-electron chi connectivity index (χ3n) is 7.91. The van der Waals surface area contributed by atoms with E-state index in [0.717, 1.165) is 12.8 Å². The minimum absolute atomic E-state index is 0.0142. The van der Waals surface area contributed by atoms with Crippen molar-refractivity contribution in [2.75, 3.05) is 50.7 Å². The van der Waals surface area contributed by atoms with Crippen LogP contribution in [0.2, 0.25) is 0 Å². The summed E-state index contributed by atoms with van der Waals surface area (Å²) in [7, 11) is -3.87. The fourth-order valence-electron chi connectivity index (χ4n) is 5.52. The summed E-state index contributed by atoms with van der Waals surface area (Å²) in [5.74, 6) is -0.192. The average molecular weight is 631 g/mol. The number of hydrogen-bond donors (Lipinski definition) is 1. The molecular weight excluding hydrogens is 600 g/mol. The summed E-state index contributed by atoms with van der Waals surface area (Å²) in [6.45, 7) is 2.35. The van der Waals surface area contributed by atoms with E-state index >= 15 is 0 Å². The van der Waals surface area contributed by atoms with Crippen LogP contribution in [0.5, 0.6) is 0 Å². The second-order valence-corrected chi connectivity index (χ2v) is 13.5. The maximum atomic E-state index is 13.2. The summed E-state index contributed by atoms with van der Waals surface area (Å²) in [5, 5.41) is 12.0. The number of fused-ring (bicyclic) bond motifs is 1. The number of amides is 1. The molecule has 42 heavy (non-hydrogen) atoms. The predicted octanol–water partition coefficient (Wildman–Crippen LogP) is 2.88. The van der Waals surface area contributed by atoms with Gasteiger partial charge in [-0.1, -0.05) is 11.3 Å². The van der Waals surface area contributed by atoms with E-state index in [0.29, 0.717) is 80.0 Å². The van der Waals surface area contributed by atoms with Gasteiger partial charge >= 0.3 is 0 Å². The number of carbonyl (C=O) groups excluding carboxylic acids is 1. The van der Waals surface area contributed by atoms with Gasteiger partial charge in [-0.3, -0.25) is 9.69 Å². The number of sulfonamides is 1. The summed E-state index contributed by atoms with van der Waals surface area (Å²) < 4.78 is 82.3. The van der Waals surface area contributed by atoms with E-state index in [4.69, 9.17) is 0 Å². The number of nitrogens with one attached hydrogen (secondary N) is 1. The highest BCUT2D eigenvalue weighted by Gasteiger charge is 2.33. The van der Waals surface area contributed by atoms with Gasteiger partial charge in [0.05, 0.1) is 23.2 Å². The first-order valence-electron chi connectivity index (χ1n) is 13.8. The number of anilines is 1. The van der Waals surface area contributed by atoms with Gasteiger partial charge in [0.1, 0.15) is 0 Å². The zero-order valence-electron chi connectivity index (χ0n) is 22.5. The number of rotatable bonds is 9. The molecule has 3 aliphatic rings. The number of hydrogen-bond acceptors (Lipinski definition) is 9. The van der Waals surface area contributed by atoms with Gasteiger partial charge in [0.25, 0.3) is 12.9 Å². The number of piperazine rings is 1. The zero-order chi connectivity index (χ0) is 29.6. The van der Waals surface area contributed by atoms with E-state index in [1.807, 2.05) is 4.90 Å². The Morgan fingerprint density at radius 1 is 1.00 bits per heavy atom. The van der Waals surface area contributed by atoms with Crippen LogP contribution in [-0.4, -0.2) is 102 Å². The Labute approximate surface area is 243 Å². The lowest BCUT2D eigenvalue weighted by atomic mass is 9.95. The SMILES string of the molecule is O=C(C1CCN(CC(F)F)CC1)N1CCN(c2cc(S(=O)(=O)NC3CC3)cc3c2cnn3-c2nnc(C(F)F)s2)CC1. The van der Waals surface area contributed by atoms with E-state index in [-0.39, 0.29) is 34.4 Å². The van der Waals surface area contributed by atoms with Gasteiger partial charge < -0.3 is 9.80 Å². The summed E-state index contributed by atoms with van der Waals surface area (Å²) in [6, 6.07) is 2.92. The van der Waals surface area contributed by atoms with Crippen LogP contribution in [0, 0.1) is 5.92 Å². The van der Waals surface area contributed by atoms with Crippen LogP contribution in [0.25, 0.3) is 16.0 Å². The Bertz CT molecular complexity index is 1550. The first kappa shape index (κ1) is 29.2. The first-order valence-corrected chi connectivity index (χ1v) is 16.1. The largest absolute Gasteiger partial charge is 0.367 e. The quantitative estimate of drug-likeness (QED) is 0.359. The molecule has 0 radical (unpaired) electrons. The molecule has 3 aromatic rings. The molecule has 0 spiro atoms. The summed E-state index contributed by atoms with van der Waals surface area (Å²) in [6.07, 6.45) is -1.05. The average Bonchev–Trinajstić information content (AvgIpc) is 3.44. The van der Waals surface area contributed by atoms with Crippen LogP contribution in [0.15, 0.2) is 23.2 Å². The van der Waals surface area contributed by atoms with Crippen LogP contribution >= 0.6 is 11.3 Å². The number of nitrogens with zero attached hydrogens (tertiary/aromatic N) is 7. The van der Waals surface area contributed by atoms with Crippen LogP contribution in [0.3, 0.4) is 0 Å². The van der Waals surface area contributed by atoms with Gasteiger partial charge in [0, 0.05) is 49.2 Å². The Balaban J connectivity index is 1.23. The normalized spacial score (nSPS) is 19.5. The van der Waals surface area contributed by atoms with E-state index in [9.17, 15) is 30.8 Å². The molecule has 2 aromatic heterocycles. The lowest BCUT2D eigenvalue weighted by Crippen LogP contribution is -2.52. The molecule has 17 heteroatoms. The standard InChI is InChI=1S/C25H30F4N8O3S2/c26-21(27)14-34-5-3-15(4-6-34)24(38)36-9-7-35(8-10-36)19-11-17(42(39,40)33-16-1-2-16)12-20-18(19)13-30-37(20)25-32-31-23(41-25)22(28)29/h11-13,15-16,21-22,33H,1-10,14H2. The van der Waals surface area contributed by atoms with Gasteiger partial charge in [0.2, 0.25) is 21.1 Å². The Hall–Kier alpha value is -2.89. The van der Waals surface area contributed by atoms with Gasteiger partial charge in [-0.2, -0.15) is 5.10 Å². The molecule has 4 heterocycles. The molecular formula is C25H30F4N8O3S2. The van der Waals surface area contributed by atoms with Crippen molar-refractivity contribution in [2.45, 2.75) is 49.5 Å². The number of aromatic nitrogens is 4. The smallest absolute Gasteiger partial charge is 0.291 e. The van der Waals surface area contributed by atoms with Crippen molar-refractivity contribution in [3.05, 3.63) is 23.3 Å². The topological polar surface area (TPSA) is 117 Å². The van der Waals surface area contributed by atoms with E-state index in [2.05, 4.69) is 20.0 Å². The molecule has 0 atom stereocenters. The number of halogens is 4. The van der Waals surface area contributed by atoms with Crippen LogP contribution in [0.4, 0.5) is 23.2 Å². The maximum Gasteiger partial charge on any atom is 0.291 e. The van der Waals surface area contributed by atoms with Gasteiger partial charge in [-0.25, -0.2) is 35.4 Å². The minimum atomic E-state index is -3.87. The summed E-state index contributed by atoms with van der Waals surface area (Å²) >= 11 is 0.674. The van der Waals surface area contributed by atoms with Gasteiger partial charge in [0.15, 0.2) is 5.01 Å². The monoisotopic (exact) mass is 630 g/mol. The fourth-order valence-corrected chi connectivity index (χ4v) is 7.54. The molecule has 1 amide bonds. The molecule has 0 unspecified atom stereocenters. The van der Waals surface area contributed by atoms with Crippen molar-refractivity contribution in [2.24, 2.45) is 5.92 Å². The Kier molecular flexibility index (Phi) is 8.10. The number of carbonyl (C=O) groups is 1. The van der Waals surface area contributed by atoms with Crippen molar-refractivity contribution in [3.8, 4) is 5.13 Å². The fraction of sp³-hybridized carbons (Fsp3) is 0.600. The van der Waals surface area contributed by atoms with Crippen LogP contribution in [-0.2, 0) is 14.8 Å². The van der Waals surface area contributed by atoms with Gasteiger partial charge in [-0.15, -0.1) is 10.2 Å². The number of likely N-dealkylation sites (tertiary alicyclic amines) is 1. The molecule has 1 aromatic carbocycles. The number of piperidine rings is 1. The third kappa shape index (κ3) is 6.09. The molecule has 228 valence electrons. The Morgan fingerprint density at radius 2 is 1.71 bits per heavy atom. The maximum absolute atomic E-state index is 13.2. The molecule has 2 saturated heterocycles. The van der Waals surface area contributed by atoms with E-state index < -0.39 is 27.9 Å². The summed E-state index contributed by atoms with van der Waals surface area (Å²) in [4.78, 5) is 18.7. The molecule has 0 bridgehead atoms. The predicted molar refractivity (Wildman–Crippen MR) is 147 cm³/mol. The van der Waals surface area contributed by atoms with Crippen LogP contribution < -0.4 is 9.62 Å². The van der Waals surface area contributed by atoms with Crippen molar-refractivity contribution in [1.29, 1.82) is 0 Å². The highest BCUT2D eigenvalue weighted by molar-refractivity contribution is 7.89. The number of benzene rings is 1. The lowest BCUT2D eigenvalue weighted by Gasteiger charge is -2.39. The first-order chi connectivity index (χ1) is 20.1. The second kappa shape index (κ2) is 11.7. The molecule has 1 saturated carbocycles. The zero-order valence-corrected chi connectivity index (χ0v) is 24.1. The number of alkyl halides is 4. The molecule has 1 N–H and O–H groups in total. The molecule has 6 rings (SSSR count). The van der Waals surface area contributed by atoms with E-state index in [1.165, 1.54) is 10.7 Å². The highest BCUT2D eigenvalue weighted by Crippen LogP contribution is 2.35. The third-order valence-corrected chi connectivity index (χ3v) is 10.3.